The molecule has 1 N–H and O–H groups in total. The third kappa shape index (κ3) is 6.61. The molecule has 4 nitrogen and oxygen atoms in total. The van der Waals surface area contributed by atoms with E-state index in [-0.39, 0.29) is 5.91 Å². The van der Waals surface area contributed by atoms with Crippen molar-refractivity contribution in [2.45, 2.75) is 52.7 Å². The Morgan fingerprint density at radius 3 is 2.62 bits per heavy atom. The Balaban J connectivity index is 2.06. The van der Waals surface area contributed by atoms with E-state index in [0.29, 0.717) is 19.1 Å². The van der Waals surface area contributed by atoms with Crippen LogP contribution in [0.1, 0.15) is 44.9 Å². The highest BCUT2D eigenvalue weighted by molar-refractivity contribution is 9.10. The second-order valence-corrected chi connectivity index (χ2v) is 7.87. The number of hydrogen-bond donors (Lipinski definition) is 1. The predicted molar refractivity (Wildman–Crippen MR) is 111 cm³/mol. The SMILES string of the molecule is CCCCN(Cc1cccn1Cc1ccc(Br)cc1)C(=O)CNC(C)C. The lowest BCUT2D eigenvalue weighted by Gasteiger charge is -2.24. The maximum absolute atomic E-state index is 12.6. The standard InChI is InChI=1S/C21H30BrN3O/c1-4-5-12-25(21(26)14-23-17(2)3)16-20-7-6-13-24(20)15-18-8-10-19(22)11-9-18/h6-11,13,17,23H,4-5,12,14-16H2,1-3H3. The Morgan fingerprint density at radius 2 is 1.96 bits per heavy atom. The van der Waals surface area contributed by atoms with Crippen molar-refractivity contribution >= 4 is 21.8 Å². The van der Waals surface area contributed by atoms with Gasteiger partial charge >= 0.3 is 0 Å². The van der Waals surface area contributed by atoms with Crippen LogP contribution in [0.2, 0.25) is 0 Å². The monoisotopic (exact) mass is 419 g/mol. The predicted octanol–water partition coefficient (Wildman–Crippen LogP) is 4.43. The van der Waals surface area contributed by atoms with Crippen LogP contribution in [-0.4, -0.2) is 34.5 Å². The topological polar surface area (TPSA) is 37.3 Å². The van der Waals surface area contributed by atoms with Crippen LogP contribution in [0, 0.1) is 0 Å². The van der Waals surface area contributed by atoms with Gasteiger partial charge in [0.1, 0.15) is 0 Å². The second kappa shape index (κ2) is 10.5. The molecule has 0 fully saturated rings. The van der Waals surface area contributed by atoms with Crippen LogP contribution >= 0.6 is 15.9 Å². The van der Waals surface area contributed by atoms with Crippen molar-refractivity contribution < 1.29 is 4.79 Å². The molecule has 0 aliphatic heterocycles. The number of aromatic nitrogens is 1. The van der Waals surface area contributed by atoms with E-state index in [4.69, 9.17) is 0 Å². The first-order chi connectivity index (χ1) is 12.5. The van der Waals surface area contributed by atoms with Gasteiger partial charge in [0.15, 0.2) is 0 Å². The van der Waals surface area contributed by atoms with E-state index in [1.165, 1.54) is 11.3 Å². The quantitative estimate of drug-likeness (QED) is 0.618. The van der Waals surface area contributed by atoms with Crippen molar-refractivity contribution in [2.24, 2.45) is 0 Å². The number of halogens is 1. The normalized spacial score (nSPS) is 11.1. The molecular formula is C21H30BrN3O. The smallest absolute Gasteiger partial charge is 0.236 e. The first-order valence-corrected chi connectivity index (χ1v) is 10.2. The molecule has 2 aromatic rings. The molecule has 2 rings (SSSR count). The average molecular weight is 420 g/mol. The van der Waals surface area contributed by atoms with Crippen molar-refractivity contribution in [3.63, 3.8) is 0 Å². The van der Waals surface area contributed by atoms with Gasteiger partial charge in [0.2, 0.25) is 5.91 Å². The zero-order valence-corrected chi connectivity index (χ0v) is 17.6. The lowest BCUT2D eigenvalue weighted by molar-refractivity contribution is -0.131. The van der Waals surface area contributed by atoms with Crippen LogP contribution in [0.15, 0.2) is 47.1 Å². The van der Waals surface area contributed by atoms with E-state index < -0.39 is 0 Å². The van der Waals surface area contributed by atoms with E-state index in [9.17, 15) is 4.79 Å². The zero-order chi connectivity index (χ0) is 18.9. The summed E-state index contributed by atoms with van der Waals surface area (Å²) in [7, 11) is 0. The van der Waals surface area contributed by atoms with E-state index >= 15 is 0 Å². The summed E-state index contributed by atoms with van der Waals surface area (Å²) in [4.78, 5) is 14.6. The highest BCUT2D eigenvalue weighted by Gasteiger charge is 2.15. The number of nitrogens with one attached hydrogen (secondary N) is 1. The number of amides is 1. The van der Waals surface area contributed by atoms with Crippen LogP contribution in [0.25, 0.3) is 0 Å². The maximum Gasteiger partial charge on any atom is 0.236 e. The van der Waals surface area contributed by atoms with Crippen LogP contribution in [0.4, 0.5) is 0 Å². The van der Waals surface area contributed by atoms with Gasteiger partial charge in [-0.3, -0.25) is 4.79 Å². The number of benzene rings is 1. The van der Waals surface area contributed by atoms with Gasteiger partial charge in [0.25, 0.3) is 0 Å². The Kier molecular flexibility index (Phi) is 8.39. The Hall–Kier alpha value is -1.59. The molecule has 26 heavy (non-hydrogen) atoms. The maximum atomic E-state index is 12.6. The summed E-state index contributed by atoms with van der Waals surface area (Å²) < 4.78 is 3.31. The Morgan fingerprint density at radius 1 is 1.23 bits per heavy atom. The molecule has 0 aliphatic carbocycles. The Bertz CT molecular complexity index is 679. The summed E-state index contributed by atoms with van der Waals surface area (Å²) in [6, 6.07) is 12.9. The molecule has 5 heteroatoms. The summed E-state index contributed by atoms with van der Waals surface area (Å²) in [5, 5.41) is 3.24. The summed E-state index contributed by atoms with van der Waals surface area (Å²) in [5.41, 5.74) is 2.42. The highest BCUT2D eigenvalue weighted by Crippen LogP contribution is 2.14. The van der Waals surface area contributed by atoms with E-state index in [2.05, 4.69) is 89.2 Å². The molecule has 0 bridgehead atoms. The summed E-state index contributed by atoms with van der Waals surface area (Å²) in [6.07, 6.45) is 4.20. The van der Waals surface area contributed by atoms with Crippen molar-refractivity contribution in [3.05, 3.63) is 58.3 Å². The first kappa shape index (κ1) is 20.7. The molecule has 1 aromatic carbocycles. The van der Waals surface area contributed by atoms with Crippen LogP contribution in [-0.2, 0) is 17.9 Å². The minimum Gasteiger partial charge on any atom is -0.345 e. The zero-order valence-electron chi connectivity index (χ0n) is 16.0. The second-order valence-electron chi connectivity index (χ2n) is 6.96. The van der Waals surface area contributed by atoms with Crippen molar-refractivity contribution in [1.82, 2.24) is 14.8 Å². The Labute approximate surface area is 165 Å². The molecular weight excluding hydrogens is 390 g/mol. The molecule has 0 spiro atoms. The number of hydrogen-bond acceptors (Lipinski definition) is 2. The van der Waals surface area contributed by atoms with Gasteiger partial charge < -0.3 is 14.8 Å². The van der Waals surface area contributed by atoms with Crippen molar-refractivity contribution in [2.75, 3.05) is 13.1 Å². The van der Waals surface area contributed by atoms with Gasteiger partial charge in [-0.1, -0.05) is 55.3 Å². The summed E-state index contributed by atoms with van der Waals surface area (Å²) >= 11 is 3.48. The van der Waals surface area contributed by atoms with Gasteiger partial charge in [-0.05, 0) is 36.2 Å². The summed E-state index contributed by atoms with van der Waals surface area (Å²) in [5.74, 6) is 0.170. The van der Waals surface area contributed by atoms with E-state index in [0.717, 1.165) is 30.4 Å². The number of rotatable bonds is 10. The highest BCUT2D eigenvalue weighted by atomic mass is 79.9. The van der Waals surface area contributed by atoms with Gasteiger partial charge in [0, 0.05) is 35.5 Å². The largest absolute Gasteiger partial charge is 0.345 e. The lowest BCUT2D eigenvalue weighted by atomic mass is 10.2. The molecule has 1 amide bonds. The molecule has 142 valence electrons. The molecule has 0 saturated heterocycles. The average Bonchev–Trinajstić information content (AvgIpc) is 3.05. The number of carbonyl (C=O) groups is 1. The fourth-order valence-electron chi connectivity index (χ4n) is 2.77. The third-order valence-electron chi connectivity index (χ3n) is 4.34. The van der Waals surface area contributed by atoms with E-state index in [1.807, 2.05) is 4.90 Å². The number of carbonyl (C=O) groups excluding carboxylic acids is 1. The molecule has 0 aliphatic rings. The van der Waals surface area contributed by atoms with Gasteiger partial charge in [-0.25, -0.2) is 0 Å². The van der Waals surface area contributed by atoms with E-state index in [1.54, 1.807) is 0 Å². The fraction of sp³-hybridized carbons (Fsp3) is 0.476. The fourth-order valence-corrected chi connectivity index (χ4v) is 3.04. The lowest BCUT2D eigenvalue weighted by Crippen LogP contribution is -2.40. The van der Waals surface area contributed by atoms with Gasteiger partial charge in [-0.2, -0.15) is 0 Å². The molecule has 0 atom stereocenters. The minimum absolute atomic E-state index is 0.170. The van der Waals surface area contributed by atoms with Gasteiger partial charge in [0.05, 0.1) is 13.1 Å². The molecule has 1 heterocycles. The molecule has 0 unspecified atom stereocenters. The van der Waals surface area contributed by atoms with Gasteiger partial charge in [-0.15, -0.1) is 0 Å². The third-order valence-corrected chi connectivity index (χ3v) is 4.87. The molecule has 1 aromatic heterocycles. The number of nitrogens with zero attached hydrogens (tertiary/aromatic N) is 2. The number of unbranched alkanes of at least 4 members (excludes halogenated alkanes) is 1. The van der Waals surface area contributed by atoms with Crippen LogP contribution < -0.4 is 5.32 Å². The van der Waals surface area contributed by atoms with Crippen LogP contribution in [0.3, 0.4) is 0 Å². The molecule has 0 radical (unpaired) electrons. The van der Waals surface area contributed by atoms with Crippen molar-refractivity contribution in [3.8, 4) is 0 Å². The summed E-state index contributed by atoms with van der Waals surface area (Å²) in [6.45, 7) is 8.95. The first-order valence-electron chi connectivity index (χ1n) is 9.39. The van der Waals surface area contributed by atoms with Crippen LogP contribution in [0.5, 0.6) is 0 Å². The molecule has 0 saturated carbocycles. The minimum atomic E-state index is 0.170. The van der Waals surface area contributed by atoms with Crippen molar-refractivity contribution in [1.29, 1.82) is 0 Å².